The van der Waals surface area contributed by atoms with Crippen molar-refractivity contribution in [2.24, 2.45) is 40.9 Å². The van der Waals surface area contributed by atoms with Gasteiger partial charge in [0, 0.05) is 6.42 Å². The van der Waals surface area contributed by atoms with Crippen molar-refractivity contribution in [3.8, 4) is 0 Å². The fourth-order valence-corrected chi connectivity index (χ4v) is 7.38. The zero-order valence-electron chi connectivity index (χ0n) is 30.0. The SMILES string of the molecule is CC1=C(CCC(C)CCCC(C)CCCCC(C)CCCC(C)CCCC(C)CCCC(C)C)C(C)(C)CCC1=O. The van der Waals surface area contributed by atoms with E-state index in [1.165, 1.54) is 115 Å². The van der Waals surface area contributed by atoms with E-state index in [0.717, 1.165) is 60.3 Å². The molecule has 0 bridgehead atoms. The molecule has 0 aromatic heterocycles. The van der Waals surface area contributed by atoms with Crippen LogP contribution in [0.5, 0.6) is 0 Å². The Morgan fingerprint density at radius 3 is 1.27 bits per heavy atom. The molecular weight excluding hydrogens is 496 g/mol. The van der Waals surface area contributed by atoms with Crippen molar-refractivity contribution < 1.29 is 4.79 Å². The predicted octanol–water partition coefficient (Wildman–Crippen LogP) is 13.6. The fourth-order valence-electron chi connectivity index (χ4n) is 7.38. The number of hydrogen-bond donors (Lipinski definition) is 0. The van der Waals surface area contributed by atoms with Crippen LogP contribution in [0.1, 0.15) is 198 Å². The van der Waals surface area contributed by atoms with Gasteiger partial charge in [-0.3, -0.25) is 4.79 Å². The number of allylic oxidation sites excluding steroid dienone is 2. The van der Waals surface area contributed by atoms with Crippen LogP contribution < -0.4 is 0 Å². The number of carbonyl (C=O) groups is 1. The van der Waals surface area contributed by atoms with E-state index >= 15 is 0 Å². The summed E-state index contributed by atoms with van der Waals surface area (Å²) in [5, 5.41) is 0. The second kappa shape index (κ2) is 21.2. The molecule has 0 aliphatic heterocycles. The molecule has 0 amide bonds. The Morgan fingerprint density at radius 2 is 0.878 bits per heavy atom. The monoisotopic (exact) mass is 573 g/mol. The smallest absolute Gasteiger partial charge is 0.158 e. The van der Waals surface area contributed by atoms with Crippen molar-refractivity contribution >= 4 is 5.78 Å². The maximum absolute atomic E-state index is 12.2. The molecule has 5 unspecified atom stereocenters. The quantitative estimate of drug-likeness (QED) is 0.105. The van der Waals surface area contributed by atoms with Crippen LogP contribution >= 0.6 is 0 Å². The zero-order chi connectivity index (χ0) is 30.8. The molecule has 0 radical (unpaired) electrons. The fraction of sp³-hybridized carbons (Fsp3) is 0.925. The van der Waals surface area contributed by atoms with E-state index in [2.05, 4.69) is 69.2 Å². The molecule has 0 saturated carbocycles. The third-order valence-corrected chi connectivity index (χ3v) is 10.9. The van der Waals surface area contributed by atoms with Crippen molar-refractivity contribution in [3.63, 3.8) is 0 Å². The van der Waals surface area contributed by atoms with E-state index < -0.39 is 0 Å². The Hall–Kier alpha value is -0.590. The lowest BCUT2D eigenvalue weighted by molar-refractivity contribution is -0.116. The van der Waals surface area contributed by atoms with Crippen LogP contribution in [0.25, 0.3) is 0 Å². The standard InChI is InChI=1S/C40H76O/c1-31(2)17-13-20-34(5)23-15-25-35(6)24-14-21-32(3)18-11-12-19-33(4)22-16-26-36(7)27-28-38-37(8)39(41)29-30-40(38,9)10/h31-36H,11-30H2,1-10H3. The number of ketones is 1. The average molecular weight is 573 g/mol. The molecule has 1 nitrogen and oxygen atoms in total. The summed E-state index contributed by atoms with van der Waals surface area (Å²) in [6.07, 6.45) is 26.8. The van der Waals surface area contributed by atoms with Gasteiger partial charge in [0.15, 0.2) is 5.78 Å². The summed E-state index contributed by atoms with van der Waals surface area (Å²) in [7, 11) is 0. The molecule has 0 heterocycles. The minimum Gasteiger partial charge on any atom is -0.295 e. The normalized spacial score (nSPS) is 19.4. The molecule has 0 fully saturated rings. The zero-order valence-corrected chi connectivity index (χ0v) is 30.0. The second-order valence-electron chi connectivity index (χ2n) is 16.4. The van der Waals surface area contributed by atoms with E-state index in [1.807, 2.05) is 0 Å². The molecule has 1 aliphatic rings. The van der Waals surface area contributed by atoms with Crippen molar-refractivity contribution in [2.45, 2.75) is 198 Å². The second-order valence-corrected chi connectivity index (χ2v) is 16.4. The number of Topliss-reactive ketones (excluding diaryl/α,β-unsaturated/α-hetero) is 1. The summed E-state index contributed by atoms with van der Waals surface area (Å²) >= 11 is 0. The first-order valence-corrected chi connectivity index (χ1v) is 18.5. The van der Waals surface area contributed by atoms with Crippen molar-refractivity contribution in [1.82, 2.24) is 0 Å². The number of unbranched alkanes of at least 4 members (excludes halogenated alkanes) is 1. The molecule has 0 saturated heterocycles. The number of carbonyl (C=O) groups excluding carboxylic acids is 1. The van der Waals surface area contributed by atoms with Gasteiger partial charge in [0.25, 0.3) is 0 Å². The minimum atomic E-state index is 0.216. The first-order valence-electron chi connectivity index (χ1n) is 18.5. The van der Waals surface area contributed by atoms with Crippen LogP contribution in [0.15, 0.2) is 11.1 Å². The lowest BCUT2D eigenvalue weighted by Gasteiger charge is -2.34. The van der Waals surface area contributed by atoms with E-state index in [-0.39, 0.29) is 5.41 Å². The van der Waals surface area contributed by atoms with Gasteiger partial charge in [0.05, 0.1) is 0 Å². The third kappa shape index (κ3) is 18.0. The van der Waals surface area contributed by atoms with Gasteiger partial charge < -0.3 is 0 Å². The summed E-state index contributed by atoms with van der Waals surface area (Å²) in [6.45, 7) is 23.8. The van der Waals surface area contributed by atoms with Gasteiger partial charge in [0.1, 0.15) is 0 Å². The molecular formula is C40H76O. The highest BCUT2D eigenvalue weighted by Crippen LogP contribution is 2.41. The Kier molecular flexibility index (Phi) is 19.8. The predicted molar refractivity (Wildman–Crippen MR) is 184 cm³/mol. The summed E-state index contributed by atoms with van der Waals surface area (Å²) in [6, 6.07) is 0. The van der Waals surface area contributed by atoms with E-state index in [9.17, 15) is 4.79 Å². The van der Waals surface area contributed by atoms with Crippen molar-refractivity contribution in [2.75, 3.05) is 0 Å². The molecule has 0 spiro atoms. The van der Waals surface area contributed by atoms with Gasteiger partial charge in [-0.05, 0) is 72.7 Å². The maximum atomic E-state index is 12.2. The van der Waals surface area contributed by atoms with Gasteiger partial charge in [-0.25, -0.2) is 0 Å². The molecule has 1 heteroatoms. The number of hydrogen-bond acceptors (Lipinski definition) is 1. The summed E-state index contributed by atoms with van der Waals surface area (Å²) in [5.41, 5.74) is 2.74. The van der Waals surface area contributed by atoms with Crippen molar-refractivity contribution in [1.29, 1.82) is 0 Å². The maximum Gasteiger partial charge on any atom is 0.158 e. The third-order valence-electron chi connectivity index (χ3n) is 10.9. The van der Waals surface area contributed by atoms with Crippen LogP contribution in [0.2, 0.25) is 0 Å². The van der Waals surface area contributed by atoms with Crippen LogP contribution in [-0.4, -0.2) is 5.78 Å². The van der Waals surface area contributed by atoms with Crippen LogP contribution in [0.3, 0.4) is 0 Å². The largest absolute Gasteiger partial charge is 0.295 e. The first kappa shape index (κ1) is 38.4. The highest BCUT2D eigenvalue weighted by atomic mass is 16.1. The molecule has 242 valence electrons. The van der Waals surface area contributed by atoms with E-state index in [1.54, 1.807) is 0 Å². The first-order chi connectivity index (χ1) is 19.3. The lowest BCUT2D eigenvalue weighted by Crippen LogP contribution is -2.25. The van der Waals surface area contributed by atoms with Crippen molar-refractivity contribution in [3.05, 3.63) is 11.1 Å². The van der Waals surface area contributed by atoms with Crippen LogP contribution in [-0.2, 0) is 4.79 Å². The Labute approximate surface area is 259 Å². The highest BCUT2D eigenvalue weighted by Gasteiger charge is 2.31. The highest BCUT2D eigenvalue weighted by molar-refractivity contribution is 5.96. The average Bonchev–Trinajstić information content (AvgIpc) is 2.88. The molecule has 5 atom stereocenters. The summed E-state index contributed by atoms with van der Waals surface area (Å²) < 4.78 is 0. The van der Waals surface area contributed by atoms with Gasteiger partial charge in [0.2, 0.25) is 0 Å². The Bertz CT molecular complexity index is 712. The molecule has 41 heavy (non-hydrogen) atoms. The topological polar surface area (TPSA) is 17.1 Å². The Balaban J connectivity index is 2.04. The van der Waals surface area contributed by atoms with Crippen LogP contribution in [0, 0.1) is 40.9 Å². The molecule has 0 N–H and O–H groups in total. The molecule has 1 aliphatic carbocycles. The van der Waals surface area contributed by atoms with Gasteiger partial charge >= 0.3 is 0 Å². The molecule has 0 aromatic carbocycles. The van der Waals surface area contributed by atoms with Gasteiger partial charge in [-0.15, -0.1) is 0 Å². The molecule has 0 aromatic rings. The minimum absolute atomic E-state index is 0.216. The Morgan fingerprint density at radius 1 is 0.537 bits per heavy atom. The van der Waals surface area contributed by atoms with E-state index in [0.29, 0.717) is 5.78 Å². The van der Waals surface area contributed by atoms with E-state index in [4.69, 9.17) is 0 Å². The van der Waals surface area contributed by atoms with Crippen LogP contribution in [0.4, 0.5) is 0 Å². The lowest BCUT2D eigenvalue weighted by atomic mass is 9.70. The van der Waals surface area contributed by atoms with Gasteiger partial charge in [-0.1, -0.05) is 171 Å². The summed E-state index contributed by atoms with van der Waals surface area (Å²) in [4.78, 5) is 12.2. The summed E-state index contributed by atoms with van der Waals surface area (Å²) in [5.74, 6) is 5.64. The number of rotatable bonds is 24. The van der Waals surface area contributed by atoms with Gasteiger partial charge in [-0.2, -0.15) is 0 Å². The molecule has 1 rings (SSSR count).